The summed E-state index contributed by atoms with van der Waals surface area (Å²) in [6, 6.07) is 0. The summed E-state index contributed by atoms with van der Waals surface area (Å²) in [5, 5.41) is 21.1. The third kappa shape index (κ3) is 3.49. The van der Waals surface area contributed by atoms with Crippen molar-refractivity contribution in [1.29, 1.82) is 0 Å². The van der Waals surface area contributed by atoms with E-state index in [2.05, 4.69) is 54.2 Å². The van der Waals surface area contributed by atoms with Crippen LogP contribution in [0.1, 0.15) is 113 Å². The third-order valence-corrected chi connectivity index (χ3v) is 11.9. The minimum Gasteiger partial charge on any atom is -0.392 e. The summed E-state index contributed by atoms with van der Waals surface area (Å²) in [6.45, 7) is 20.8. The van der Waals surface area contributed by atoms with Crippen LogP contribution in [0.15, 0.2) is 23.8 Å². The zero-order valence-electron chi connectivity index (χ0n) is 22.1. The average molecular weight is 443 g/mol. The summed E-state index contributed by atoms with van der Waals surface area (Å²) in [4.78, 5) is 0. The van der Waals surface area contributed by atoms with E-state index in [0.29, 0.717) is 27.6 Å². The first-order valence-electron chi connectivity index (χ1n) is 13.4. The molecule has 0 aromatic carbocycles. The summed E-state index contributed by atoms with van der Waals surface area (Å²) in [7, 11) is 0. The highest BCUT2D eigenvalue weighted by Gasteiger charge is 2.65. The van der Waals surface area contributed by atoms with E-state index in [1.165, 1.54) is 38.5 Å². The van der Waals surface area contributed by atoms with E-state index in [-0.39, 0.29) is 17.6 Å². The number of aliphatic hydroxyl groups is 2. The summed E-state index contributed by atoms with van der Waals surface area (Å²) in [5.74, 6) is 1.37. The lowest BCUT2D eigenvalue weighted by atomic mass is 9.35. The molecule has 0 radical (unpaired) electrons. The van der Waals surface area contributed by atoms with Gasteiger partial charge in [-0.05, 0) is 105 Å². The van der Waals surface area contributed by atoms with Gasteiger partial charge in [0, 0.05) is 5.41 Å². The average Bonchev–Trinajstić information content (AvgIpc) is 2.71. The van der Waals surface area contributed by atoms with E-state index in [1.807, 2.05) is 6.92 Å². The van der Waals surface area contributed by atoms with Crippen molar-refractivity contribution in [3.8, 4) is 0 Å². The molecule has 0 aromatic heterocycles. The molecule has 0 spiro atoms. The lowest BCUT2D eigenvalue weighted by Gasteiger charge is -2.69. The molecule has 3 fully saturated rings. The maximum Gasteiger partial charge on any atom is 0.0745 e. The second kappa shape index (κ2) is 7.70. The maximum atomic E-state index is 10.8. The molecule has 0 unspecified atom stereocenters. The second-order valence-corrected chi connectivity index (χ2v) is 14.2. The first-order valence-corrected chi connectivity index (χ1v) is 13.4. The van der Waals surface area contributed by atoms with Crippen LogP contribution in [0.4, 0.5) is 0 Å². The zero-order valence-corrected chi connectivity index (χ0v) is 22.1. The predicted octanol–water partition coefficient (Wildman–Crippen LogP) is 7.45. The Bertz CT molecular complexity index is 795. The van der Waals surface area contributed by atoms with Crippen LogP contribution in [-0.4, -0.2) is 22.4 Å². The van der Waals surface area contributed by atoms with Gasteiger partial charge >= 0.3 is 0 Å². The molecule has 0 amide bonds. The molecule has 0 aliphatic heterocycles. The number of aliphatic hydroxyl groups excluding tert-OH is 2. The van der Waals surface area contributed by atoms with Gasteiger partial charge in [0.05, 0.1) is 12.2 Å². The van der Waals surface area contributed by atoms with E-state index in [0.717, 1.165) is 37.2 Å². The minimum atomic E-state index is -0.352. The van der Waals surface area contributed by atoms with Gasteiger partial charge in [-0.25, -0.2) is 0 Å². The first-order chi connectivity index (χ1) is 14.7. The first kappa shape index (κ1) is 24.5. The summed E-state index contributed by atoms with van der Waals surface area (Å²) in [6.07, 6.45) is 13.8. The van der Waals surface area contributed by atoms with Crippen LogP contribution in [0.3, 0.4) is 0 Å². The van der Waals surface area contributed by atoms with Crippen LogP contribution in [0.5, 0.6) is 0 Å². The Morgan fingerprint density at radius 3 is 2.41 bits per heavy atom. The molecule has 0 bridgehead atoms. The standard InChI is InChI=1S/C30H50O2/c1-20(2)23(31)13-14-27(5)15-18-30(8)24-11-9-21-22(10-12-25(32)26(21,3)4)29(24,7)17-16-28(30,6)19-27/h9,22-25,31-32H,1,10-19H2,2-8H3/t22-,23+,24+,25+,27-,28+,29+,30-/m1/s1. The summed E-state index contributed by atoms with van der Waals surface area (Å²) in [5.41, 5.74) is 3.82. The van der Waals surface area contributed by atoms with Crippen molar-refractivity contribution < 1.29 is 10.2 Å². The second-order valence-electron chi connectivity index (χ2n) is 14.2. The van der Waals surface area contributed by atoms with Crippen molar-refractivity contribution in [2.24, 2.45) is 38.9 Å². The fraction of sp³-hybridized carbons (Fsp3) is 0.867. The van der Waals surface area contributed by atoms with Gasteiger partial charge in [0.15, 0.2) is 0 Å². The normalized spacial score (nSPS) is 48.7. The van der Waals surface area contributed by atoms with Gasteiger partial charge in [0.1, 0.15) is 0 Å². The molecule has 0 heterocycles. The van der Waals surface area contributed by atoms with Crippen LogP contribution in [0, 0.1) is 38.9 Å². The Kier molecular flexibility index (Phi) is 5.90. The smallest absolute Gasteiger partial charge is 0.0745 e. The number of hydrogen-bond acceptors (Lipinski definition) is 2. The van der Waals surface area contributed by atoms with Crippen molar-refractivity contribution in [3.63, 3.8) is 0 Å². The van der Waals surface area contributed by atoms with E-state index < -0.39 is 0 Å². The van der Waals surface area contributed by atoms with Crippen LogP contribution in [0.2, 0.25) is 0 Å². The van der Waals surface area contributed by atoms with Crippen molar-refractivity contribution in [2.45, 2.75) is 125 Å². The highest BCUT2D eigenvalue weighted by Crippen LogP contribution is 2.73. The number of hydrogen-bond donors (Lipinski definition) is 2. The Morgan fingerprint density at radius 1 is 1.06 bits per heavy atom. The van der Waals surface area contributed by atoms with Crippen LogP contribution in [0.25, 0.3) is 0 Å². The molecule has 2 nitrogen and oxygen atoms in total. The van der Waals surface area contributed by atoms with E-state index >= 15 is 0 Å². The summed E-state index contributed by atoms with van der Waals surface area (Å²) >= 11 is 0. The molecule has 8 atom stereocenters. The molecule has 0 aromatic rings. The zero-order chi connectivity index (χ0) is 23.7. The third-order valence-electron chi connectivity index (χ3n) is 11.9. The van der Waals surface area contributed by atoms with Gasteiger partial charge < -0.3 is 10.2 Å². The lowest BCUT2D eigenvalue weighted by molar-refractivity contribution is -0.184. The van der Waals surface area contributed by atoms with E-state index in [9.17, 15) is 10.2 Å². The van der Waals surface area contributed by atoms with Crippen LogP contribution in [-0.2, 0) is 0 Å². The lowest BCUT2D eigenvalue weighted by Crippen LogP contribution is -2.61. The molecule has 4 aliphatic rings. The topological polar surface area (TPSA) is 40.5 Å². The molecule has 2 heteroatoms. The monoisotopic (exact) mass is 442 g/mol. The molecular formula is C30H50O2. The number of rotatable bonds is 4. The fourth-order valence-corrected chi connectivity index (χ4v) is 9.22. The Labute approximate surface area is 198 Å². The molecule has 32 heavy (non-hydrogen) atoms. The van der Waals surface area contributed by atoms with Crippen molar-refractivity contribution in [2.75, 3.05) is 0 Å². The molecule has 0 saturated heterocycles. The molecule has 4 aliphatic carbocycles. The Hall–Kier alpha value is -0.600. The Morgan fingerprint density at radius 2 is 1.75 bits per heavy atom. The number of fused-ring (bicyclic) bond motifs is 5. The Balaban J connectivity index is 1.60. The van der Waals surface area contributed by atoms with Gasteiger partial charge in [-0.15, -0.1) is 0 Å². The SMILES string of the molecule is C=C(C)[C@@H](O)CC[C@]1(C)CC[C@]2(C)[C@H]3CC=C4[C@@H](CC[C@H](O)C4(C)C)[C@]3(C)CC[C@@]2(C)C1. The molecular weight excluding hydrogens is 392 g/mol. The molecule has 182 valence electrons. The van der Waals surface area contributed by atoms with Crippen molar-refractivity contribution in [1.82, 2.24) is 0 Å². The largest absolute Gasteiger partial charge is 0.392 e. The quantitative estimate of drug-likeness (QED) is 0.444. The van der Waals surface area contributed by atoms with Gasteiger partial charge in [-0.1, -0.05) is 65.3 Å². The van der Waals surface area contributed by atoms with Gasteiger partial charge in [0.25, 0.3) is 0 Å². The highest BCUT2D eigenvalue weighted by molar-refractivity contribution is 5.30. The summed E-state index contributed by atoms with van der Waals surface area (Å²) < 4.78 is 0. The number of allylic oxidation sites excluding steroid dienone is 1. The fourth-order valence-electron chi connectivity index (χ4n) is 9.22. The van der Waals surface area contributed by atoms with E-state index in [4.69, 9.17) is 0 Å². The van der Waals surface area contributed by atoms with Crippen LogP contribution >= 0.6 is 0 Å². The molecule has 2 N–H and O–H groups in total. The van der Waals surface area contributed by atoms with E-state index in [1.54, 1.807) is 5.57 Å². The molecule has 4 rings (SSSR count). The maximum absolute atomic E-state index is 10.8. The van der Waals surface area contributed by atoms with Crippen molar-refractivity contribution >= 4 is 0 Å². The van der Waals surface area contributed by atoms with Gasteiger partial charge in [-0.3, -0.25) is 0 Å². The minimum absolute atomic E-state index is 0.0756. The highest BCUT2D eigenvalue weighted by atomic mass is 16.3. The molecule has 3 saturated carbocycles. The van der Waals surface area contributed by atoms with Crippen LogP contribution < -0.4 is 0 Å². The van der Waals surface area contributed by atoms with Crippen molar-refractivity contribution in [3.05, 3.63) is 23.8 Å². The predicted molar refractivity (Wildman–Crippen MR) is 134 cm³/mol. The van der Waals surface area contributed by atoms with Gasteiger partial charge in [0.2, 0.25) is 0 Å². The van der Waals surface area contributed by atoms with Gasteiger partial charge in [-0.2, -0.15) is 0 Å².